The number of nitrogens with one attached hydrogen (secondary N) is 1. The van der Waals surface area contributed by atoms with E-state index in [0.717, 1.165) is 22.5 Å². The Kier molecular flexibility index (Phi) is 5.13. The summed E-state index contributed by atoms with van der Waals surface area (Å²) < 4.78 is 0. The van der Waals surface area contributed by atoms with Gasteiger partial charge in [0.1, 0.15) is 6.34 Å². The molecule has 0 amide bonds. The average Bonchev–Trinajstić information content (AvgIpc) is 2.63. The summed E-state index contributed by atoms with van der Waals surface area (Å²) in [5, 5.41) is 22.3. The molecule has 3 rings (SSSR count). The van der Waals surface area contributed by atoms with Crippen LogP contribution in [0.25, 0.3) is 0 Å². The van der Waals surface area contributed by atoms with Gasteiger partial charge in [0.05, 0.1) is 17.3 Å². The number of aliphatic imine (C=N–C) groups is 2. The van der Waals surface area contributed by atoms with Gasteiger partial charge in [0, 0.05) is 5.69 Å². The van der Waals surface area contributed by atoms with Crippen molar-refractivity contribution in [1.82, 2.24) is 5.01 Å². The van der Waals surface area contributed by atoms with Crippen LogP contribution in [0.1, 0.15) is 22.3 Å². The number of guanidine groups is 1. The first kappa shape index (κ1) is 18.1. The predicted octanol–water partition coefficient (Wildman–Crippen LogP) is 3.54. The van der Waals surface area contributed by atoms with E-state index in [9.17, 15) is 0 Å². The zero-order valence-corrected chi connectivity index (χ0v) is 15.4. The van der Waals surface area contributed by atoms with Crippen molar-refractivity contribution in [2.45, 2.75) is 27.1 Å². The van der Waals surface area contributed by atoms with Gasteiger partial charge in [0.25, 0.3) is 0 Å². The summed E-state index contributed by atoms with van der Waals surface area (Å²) in [7, 11) is 0. The Labute approximate surface area is 157 Å². The van der Waals surface area contributed by atoms with Crippen molar-refractivity contribution < 1.29 is 0 Å². The van der Waals surface area contributed by atoms with Crippen LogP contribution in [0.5, 0.6) is 0 Å². The maximum atomic E-state index is 8.90. The second-order valence-electron chi connectivity index (χ2n) is 6.26. The lowest BCUT2D eigenvalue weighted by Gasteiger charge is -2.25. The molecule has 8 nitrogen and oxygen atoms in total. The monoisotopic (exact) mass is 360 g/mol. The first-order chi connectivity index (χ1) is 13.0. The molecule has 2 aromatic rings. The van der Waals surface area contributed by atoms with E-state index in [1.165, 1.54) is 16.9 Å². The highest BCUT2D eigenvalue weighted by molar-refractivity contribution is 5.87. The Morgan fingerprint density at radius 2 is 1.81 bits per heavy atom. The number of nitrogens with zero attached hydrogens (tertiary/aromatic N) is 6. The molecule has 0 saturated carbocycles. The second-order valence-corrected chi connectivity index (χ2v) is 6.26. The summed E-state index contributed by atoms with van der Waals surface area (Å²) in [6, 6.07) is 13.2. The van der Waals surface area contributed by atoms with Gasteiger partial charge in [-0.05, 0) is 56.2 Å². The van der Waals surface area contributed by atoms with Crippen LogP contribution < -0.4 is 11.1 Å². The molecular weight excluding hydrogens is 340 g/mol. The number of hydrogen-bond acceptors (Lipinski definition) is 7. The highest BCUT2D eigenvalue weighted by atomic mass is 15.6. The molecule has 1 unspecified atom stereocenters. The molecule has 0 fully saturated rings. The number of hydrogen-bond donors (Lipinski definition) is 2. The highest BCUT2D eigenvalue weighted by Crippen LogP contribution is 2.26. The molecule has 1 aliphatic heterocycles. The van der Waals surface area contributed by atoms with Gasteiger partial charge in [0.15, 0.2) is 0 Å². The fraction of sp³-hybridized carbons (Fsp3) is 0.211. The highest BCUT2D eigenvalue weighted by Gasteiger charge is 2.19. The molecule has 0 spiro atoms. The number of benzene rings is 2. The topological polar surface area (TPSA) is 115 Å². The summed E-state index contributed by atoms with van der Waals surface area (Å²) in [6.45, 7) is 6.05. The Bertz CT molecular complexity index is 943. The van der Waals surface area contributed by atoms with Crippen LogP contribution in [0.2, 0.25) is 0 Å². The number of anilines is 1. The zero-order valence-electron chi connectivity index (χ0n) is 15.4. The second kappa shape index (κ2) is 7.66. The number of rotatable bonds is 4. The van der Waals surface area contributed by atoms with Crippen molar-refractivity contribution in [3.05, 3.63) is 58.7 Å². The minimum Gasteiger partial charge on any atom is -0.368 e. The maximum absolute atomic E-state index is 8.90. The largest absolute Gasteiger partial charge is 0.368 e. The van der Waals surface area contributed by atoms with Crippen LogP contribution >= 0.6 is 0 Å². The van der Waals surface area contributed by atoms with Crippen molar-refractivity contribution in [2.75, 3.05) is 5.32 Å². The molecule has 0 bridgehead atoms. The Balaban J connectivity index is 1.82. The van der Waals surface area contributed by atoms with Crippen LogP contribution in [0.4, 0.5) is 11.4 Å². The SMILES string of the molecule is Cc1cc(C)c(N=NN2C=NC(N)=NC2Nc2ccc(C#N)cc2)c(C)c1. The molecule has 136 valence electrons. The Hall–Kier alpha value is -3.73. The van der Waals surface area contributed by atoms with Crippen molar-refractivity contribution in [1.29, 1.82) is 5.26 Å². The van der Waals surface area contributed by atoms with Gasteiger partial charge in [0.2, 0.25) is 12.2 Å². The van der Waals surface area contributed by atoms with Gasteiger partial charge in [-0.15, -0.1) is 5.11 Å². The summed E-state index contributed by atoms with van der Waals surface area (Å²) in [6.07, 6.45) is 0.886. The zero-order chi connectivity index (χ0) is 19.4. The fourth-order valence-electron chi connectivity index (χ4n) is 2.79. The van der Waals surface area contributed by atoms with Gasteiger partial charge in [-0.2, -0.15) is 10.3 Å². The third kappa shape index (κ3) is 4.27. The van der Waals surface area contributed by atoms with Crippen molar-refractivity contribution in [2.24, 2.45) is 26.1 Å². The van der Waals surface area contributed by atoms with Crippen molar-refractivity contribution in [3.8, 4) is 6.07 Å². The van der Waals surface area contributed by atoms with Crippen LogP contribution in [0.3, 0.4) is 0 Å². The van der Waals surface area contributed by atoms with Gasteiger partial charge < -0.3 is 11.1 Å². The van der Waals surface area contributed by atoms with E-state index in [1.54, 1.807) is 24.3 Å². The van der Waals surface area contributed by atoms with Gasteiger partial charge in [-0.25, -0.2) is 9.98 Å². The lowest BCUT2D eigenvalue weighted by molar-refractivity contribution is 0.350. The predicted molar refractivity (Wildman–Crippen MR) is 106 cm³/mol. The minimum atomic E-state index is -0.592. The lowest BCUT2D eigenvalue weighted by Crippen LogP contribution is -2.39. The molecule has 1 aliphatic rings. The summed E-state index contributed by atoms with van der Waals surface area (Å²) >= 11 is 0. The third-order valence-electron chi connectivity index (χ3n) is 4.01. The van der Waals surface area contributed by atoms with E-state index in [0.29, 0.717) is 5.56 Å². The molecule has 0 aliphatic carbocycles. The van der Waals surface area contributed by atoms with E-state index < -0.39 is 6.29 Å². The van der Waals surface area contributed by atoms with E-state index >= 15 is 0 Å². The summed E-state index contributed by atoms with van der Waals surface area (Å²) in [5.41, 5.74) is 11.2. The van der Waals surface area contributed by atoms with Crippen LogP contribution in [0, 0.1) is 32.1 Å². The first-order valence-electron chi connectivity index (χ1n) is 8.38. The maximum Gasteiger partial charge on any atom is 0.222 e. The standard InChI is InChI=1S/C19H20N8/c1-12-8-13(2)17(14(3)9-12)25-26-27-11-22-18(21)24-19(27)23-16-6-4-15(10-20)5-7-16/h4-9,11,19,23H,1-3H3,(H2,21,24). The van der Waals surface area contributed by atoms with Crippen LogP contribution in [-0.4, -0.2) is 23.6 Å². The third-order valence-corrected chi connectivity index (χ3v) is 4.01. The molecular formula is C19H20N8. The lowest BCUT2D eigenvalue weighted by atomic mass is 10.1. The Morgan fingerprint density at radius 1 is 1.15 bits per heavy atom. The van der Waals surface area contributed by atoms with Gasteiger partial charge in [-0.3, -0.25) is 0 Å². The van der Waals surface area contributed by atoms with Gasteiger partial charge >= 0.3 is 0 Å². The van der Waals surface area contributed by atoms with Gasteiger partial charge in [-0.1, -0.05) is 22.9 Å². The van der Waals surface area contributed by atoms with Crippen LogP contribution in [-0.2, 0) is 0 Å². The number of nitriles is 1. The molecule has 27 heavy (non-hydrogen) atoms. The van der Waals surface area contributed by atoms with Crippen molar-refractivity contribution in [3.63, 3.8) is 0 Å². The molecule has 1 atom stereocenters. The van der Waals surface area contributed by atoms with Crippen molar-refractivity contribution >= 4 is 23.7 Å². The normalized spacial score (nSPS) is 16.3. The molecule has 0 saturated heterocycles. The smallest absolute Gasteiger partial charge is 0.222 e. The van der Waals surface area contributed by atoms with E-state index in [2.05, 4.69) is 43.8 Å². The Morgan fingerprint density at radius 3 is 2.44 bits per heavy atom. The fourth-order valence-corrected chi connectivity index (χ4v) is 2.79. The molecule has 0 radical (unpaired) electrons. The summed E-state index contributed by atoms with van der Waals surface area (Å²) in [4.78, 5) is 8.26. The first-order valence-corrected chi connectivity index (χ1v) is 8.38. The minimum absolute atomic E-state index is 0.148. The molecule has 3 N–H and O–H groups in total. The quantitative estimate of drug-likeness (QED) is 0.811. The van der Waals surface area contributed by atoms with Crippen LogP contribution in [0.15, 0.2) is 56.7 Å². The molecule has 1 heterocycles. The molecule has 8 heteroatoms. The molecule has 2 aromatic carbocycles. The number of aryl methyl sites for hydroxylation is 3. The van der Waals surface area contributed by atoms with E-state index in [4.69, 9.17) is 11.0 Å². The average molecular weight is 360 g/mol. The number of nitrogens with two attached hydrogens (primary N) is 1. The summed E-state index contributed by atoms with van der Waals surface area (Å²) in [5.74, 6) is 0.148. The van der Waals surface area contributed by atoms with E-state index in [-0.39, 0.29) is 5.96 Å². The van der Waals surface area contributed by atoms with E-state index in [1.807, 2.05) is 20.8 Å². The molecule has 0 aromatic heterocycles.